The highest BCUT2D eigenvalue weighted by Gasteiger charge is 2.06. The fourth-order valence-electron chi connectivity index (χ4n) is 0.398. The van der Waals surface area contributed by atoms with Crippen molar-refractivity contribution in [3.8, 4) is 0 Å². The molecular formula is C7H11BrO3. The lowest BCUT2D eigenvalue weighted by Gasteiger charge is -2.05. The fraction of sp³-hybridized carbons (Fsp3) is 0.571. The maximum Gasteiger partial charge on any atom is 0.330 e. The van der Waals surface area contributed by atoms with Crippen molar-refractivity contribution < 1.29 is 14.6 Å². The van der Waals surface area contributed by atoms with E-state index in [2.05, 4.69) is 20.7 Å². The molecule has 0 aliphatic carbocycles. The zero-order valence-electron chi connectivity index (χ0n) is 6.45. The Bertz CT molecular complexity index is 154. The molecule has 64 valence electrons. The van der Waals surface area contributed by atoms with Crippen LogP contribution in [0, 0.1) is 0 Å². The Hall–Kier alpha value is -0.350. The molecule has 0 saturated carbocycles. The topological polar surface area (TPSA) is 46.5 Å². The molecule has 0 aromatic heterocycles. The summed E-state index contributed by atoms with van der Waals surface area (Å²) in [5, 5.41) is 9.13. The van der Waals surface area contributed by atoms with Crippen molar-refractivity contribution in [3.05, 3.63) is 12.2 Å². The lowest BCUT2D eigenvalue weighted by atomic mass is 10.2. The summed E-state index contributed by atoms with van der Waals surface area (Å²) in [6.07, 6.45) is 1.92. The number of rotatable bonds is 3. The molecule has 0 aromatic carbocycles. The number of alkyl halides is 1. The minimum absolute atomic E-state index is 0.0663. The van der Waals surface area contributed by atoms with Gasteiger partial charge in [0, 0.05) is 10.9 Å². The van der Waals surface area contributed by atoms with Gasteiger partial charge in [-0.25, -0.2) is 4.79 Å². The zero-order chi connectivity index (χ0) is 8.85. The Kier molecular flexibility index (Phi) is 5.15. The van der Waals surface area contributed by atoms with Crippen LogP contribution >= 0.6 is 15.9 Å². The Morgan fingerprint density at radius 2 is 2.27 bits per heavy atom. The number of aliphatic hydroxyl groups is 1. The van der Waals surface area contributed by atoms with E-state index in [0.717, 1.165) is 0 Å². The molecule has 0 aliphatic heterocycles. The molecule has 11 heavy (non-hydrogen) atoms. The van der Waals surface area contributed by atoms with E-state index in [1.165, 1.54) is 19.3 Å². The molecule has 0 amide bonds. The van der Waals surface area contributed by atoms with E-state index in [1.54, 1.807) is 6.92 Å². The molecule has 0 aromatic rings. The van der Waals surface area contributed by atoms with Crippen molar-refractivity contribution in [2.75, 3.05) is 7.11 Å². The number of hydrogen-bond donors (Lipinski definition) is 1. The van der Waals surface area contributed by atoms with E-state index in [0.29, 0.717) is 0 Å². The molecule has 0 aliphatic rings. The van der Waals surface area contributed by atoms with E-state index < -0.39 is 12.1 Å². The molecule has 3 nitrogen and oxygen atoms in total. The standard InChI is InChI=1S/C7H11BrO3/c1-5(8)6(9)3-4-7(10)11-2/h3-6,9H,1-2H3/b4-3+. The van der Waals surface area contributed by atoms with Gasteiger partial charge >= 0.3 is 5.97 Å². The molecule has 4 heteroatoms. The minimum atomic E-state index is -0.658. The average Bonchev–Trinajstić information content (AvgIpc) is 1.99. The molecule has 2 atom stereocenters. The number of ether oxygens (including phenoxy) is 1. The quantitative estimate of drug-likeness (QED) is 0.438. The van der Waals surface area contributed by atoms with E-state index in [1.807, 2.05) is 0 Å². The Labute approximate surface area is 74.2 Å². The summed E-state index contributed by atoms with van der Waals surface area (Å²) in [6, 6.07) is 0. The zero-order valence-corrected chi connectivity index (χ0v) is 8.04. The van der Waals surface area contributed by atoms with Gasteiger partial charge in [0.1, 0.15) is 0 Å². The third-order valence-electron chi connectivity index (χ3n) is 1.10. The number of hydrogen-bond acceptors (Lipinski definition) is 3. The van der Waals surface area contributed by atoms with Crippen molar-refractivity contribution in [2.24, 2.45) is 0 Å². The van der Waals surface area contributed by atoms with E-state index >= 15 is 0 Å². The average molecular weight is 223 g/mol. The smallest absolute Gasteiger partial charge is 0.330 e. The summed E-state index contributed by atoms with van der Waals surface area (Å²) in [4.78, 5) is 10.4. The second-order valence-corrected chi connectivity index (χ2v) is 3.49. The number of aliphatic hydroxyl groups excluding tert-OH is 1. The number of halogens is 1. The molecular weight excluding hydrogens is 212 g/mol. The van der Waals surface area contributed by atoms with Crippen molar-refractivity contribution in [1.29, 1.82) is 0 Å². The van der Waals surface area contributed by atoms with Crippen molar-refractivity contribution >= 4 is 21.9 Å². The third-order valence-corrected chi connectivity index (χ3v) is 1.64. The Morgan fingerprint density at radius 1 is 1.73 bits per heavy atom. The van der Waals surface area contributed by atoms with Crippen LogP contribution in [0.4, 0.5) is 0 Å². The molecule has 0 radical (unpaired) electrons. The SMILES string of the molecule is COC(=O)/C=C/C(O)C(C)Br. The van der Waals surface area contributed by atoms with Crippen LogP contribution in [-0.2, 0) is 9.53 Å². The van der Waals surface area contributed by atoms with Gasteiger partial charge < -0.3 is 9.84 Å². The molecule has 0 heterocycles. The first kappa shape index (κ1) is 10.7. The second kappa shape index (κ2) is 5.32. The highest BCUT2D eigenvalue weighted by molar-refractivity contribution is 9.09. The van der Waals surface area contributed by atoms with Gasteiger partial charge in [-0.05, 0) is 13.0 Å². The van der Waals surface area contributed by atoms with Crippen LogP contribution in [0.3, 0.4) is 0 Å². The molecule has 0 saturated heterocycles. The highest BCUT2D eigenvalue weighted by Crippen LogP contribution is 2.04. The monoisotopic (exact) mass is 222 g/mol. The number of carbonyl (C=O) groups excluding carboxylic acids is 1. The van der Waals surface area contributed by atoms with Gasteiger partial charge in [-0.2, -0.15) is 0 Å². The lowest BCUT2D eigenvalue weighted by Crippen LogP contribution is -2.14. The summed E-state index contributed by atoms with van der Waals surface area (Å²) in [7, 11) is 1.29. The van der Waals surface area contributed by atoms with Crippen LogP contribution in [0.25, 0.3) is 0 Å². The van der Waals surface area contributed by atoms with E-state index in [-0.39, 0.29) is 4.83 Å². The molecule has 0 spiro atoms. The van der Waals surface area contributed by atoms with Gasteiger partial charge in [0.2, 0.25) is 0 Å². The highest BCUT2D eigenvalue weighted by atomic mass is 79.9. The normalized spacial score (nSPS) is 16.4. The van der Waals surface area contributed by atoms with E-state index in [9.17, 15) is 4.79 Å². The number of esters is 1. The predicted molar refractivity (Wildman–Crippen MR) is 45.6 cm³/mol. The lowest BCUT2D eigenvalue weighted by molar-refractivity contribution is -0.134. The van der Waals surface area contributed by atoms with Crippen LogP contribution in [0.15, 0.2) is 12.2 Å². The first-order valence-corrected chi connectivity index (χ1v) is 4.07. The van der Waals surface area contributed by atoms with Crippen LogP contribution in [0.5, 0.6) is 0 Å². The van der Waals surface area contributed by atoms with Gasteiger partial charge in [0.25, 0.3) is 0 Å². The predicted octanol–water partition coefficient (Wildman–Crippen LogP) is 0.860. The number of carbonyl (C=O) groups is 1. The van der Waals surface area contributed by atoms with Gasteiger partial charge in [-0.15, -0.1) is 0 Å². The van der Waals surface area contributed by atoms with Crippen LogP contribution in [0.2, 0.25) is 0 Å². The van der Waals surface area contributed by atoms with E-state index in [4.69, 9.17) is 5.11 Å². The summed E-state index contributed by atoms with van der Waals surface area (Å²) in [5.41, 5.74) is 0. The molecule has 2 unspecified atom stereocenters. The second-order valence-electron chi connectivity index (χ2n) is 2.05. The van der Waals surface area contributed by atoms with Gasteiger partial charge in [0.15, 0.2) is 0 Å². The maximum absolute atomic E-state index is 10.5. The minimum Gasteiger partial charge on any atom is -0.466 e. The molecule has 1 N–H and O–H groups in total. The van der Waals surface area contributed by atoms with Crippen LogP contribution in [-0.4, -0.2) is 29.1 Å². The molecule has 0 rings (SSSR count). The van der Waals surface area contributed by atoms with Gasteiger partial charge in [-0.1, -0.05) is 15.9 Å². The summed E-state index contributed by atoms with van der Waals surface area (Å²) < 4.78 is 4.33. The van der Waals surface area contributed by atoms with Crippen molar-refractivity contribution in [1.82, 2.24) is 0 Å². The van der Waals surface area contributed by atoms with Crippen molar-refractivity contribution in [2.45, 2.75) is 17.9 Å². The summed E-state index contributed by atoms with van der Waals surface area (Å²) in [5.74, 6) is -0.461. The van der Waals surface area contributed by atoms with Crippen LogP contribution in [0.1, 0.15) is 6.92 Å². The number of methoxy groups -OCH3 is 1. The Morgan fingerprint density at radius 3 is 2.64 bits per heavy atom. The first-order chi connectivity index (χ1) is 5.07. The molecule has 0 fully saturated rings. The third kappa shape index (κ3) is 4.98. The van der Waals surface area contributed by atoms with Gasteiger partial charge in [-0.3, -0.25) is 0 Å². The molecule has 0 bridgehead atoms. The summed E-state index contributed by atoms with van der Waals surface area (Å²) in [6.45, 7) is 1.78. The maximum atomic E-state index is 10.5. The largest absolute Gasteiger partial charge is 0.466 e. The van der Waals surface area contributed by atoms with Crippen molar-refractivity contribution in [3.63, 3.8) is 0 Å². The fourth-order valence-corrected chi connectivity index (χ4v) is 0.575. The summed E-state index contributed by atoms with van der Waals surface area (Å²) >= 11 is 3.16. The Balaban J connectivity index is 3.82. The van der Waals surface area contributed by atoms with Crippen LogP contribution < -0.4 is 0 Å². The van der Waals surface area contributed by atoms with Gasteiger partial charge in [0.05, 0.1) is 13.2 Å². The first-order valence-electron chi connectivity index (χ1n) is 3.16.